The molecule has 0 aromatic heterocycles. The average molecular weight is 733 g/mol. The van der Waals surface area contributed by atoms with Crippen molar-refractivity contribution in [2.24, 2.45) is 0 Å². The lowest BCUT2D eigenvalue weighted by Gasteiger charge is -2.21. The zero-order valence-corrected chi connectivity index (χ0v) is 34.3. The number of nitrogens with one attached hydrogen (secondary N) is 2. The molecule has 292 valence electrons. The summed E-state index contributed by atoms with van der Waals surface area (Å²) in [6, 6.07) is 0. The first-order valence-corrected chi connectivity index (χ1v) is 23.6. The summed E-state index contributed by atoms with van der Waals surface area (Å²) in [5.74, 6) is -0.113. The highest BCUT2D eigenvalue weighted by atomic mass is 32.7. The molecule has 0 fully saturated rings. The molecule has 0 saturated carbocycles. The Hall–Kier alpha value is -0.560. The standard InChI is InChI=1S/C40H81N2O5PS/c1-4-6-8-10-12-14-16-18-20-22-24-26-28-30-32-34-39(43)41-36-38(47-48(45,49)46-3)37-42-40(44)35-33-31-29-27-25-23-21-19-17-15-13-11-9-7-5-2/h38H,4-37H2,1-3H3,(H,41,43)(H,42,44)(H,45,49). The van der Waals surface area contributed by atoms with Crippen LogP contribution < -0.4 is 10.6 Å². The number of rotatable bonds is 39. The maximum atomic E-state index is 12.4. The van der Waals surface area contributed by atoms with Gasteiger partial charge in [-0.1, -0.05) is 206 Å². The minimum atomic E-state index is -3.56. The highest BCUT2D eigenvalue weighted by Gasteiger charge is 2.24. The van der Waals surface area contributed by atoms with E-state index in [2.05, 4.69) is 36.7 Å². The lowest BCUT2D eigenvalue weighted by atomic mass is 10.0. The number of amides is 2. The normalized spacial score (nSPS) is 12.8. The van der Waals surface area contributed by atoms with Crippen molar-refractivity contribution in [3.8, 4) is 0 Å². The molecule has 0 heterocycles. The Balaban J connectivity index is 3.89. The molecule has 0 aromatic rings. The van der Waals surface area contributed by atoms with Crippen molar-refractivity contribution < 1.29 is 23.2 Å². The molecule has 0 aliphatic heterocycles. The van der Waals surface area contributed by atoms with Crippen LogP contribution in [0.5, 0.6) is 0 Å². The summed E-state index contributed by atoms with van der Waals surface area (Å²) in [5.41, 5.74) is 0. The summed E-state index contributed by atoms with van der Waals surface area (Å²) < 4.78 is 22.7. The molecule has 0 aliphatic carbocycles. The monoisotopic (exact) mass is 733 g/mol. The highest BCUT2D eigenvalue weighted by molar-refractivity contribution is 8.44. The molecule has 0 aliphatic rings. The zero-order chi connectivity index (χ0) is 36.1. The van der Waals surface area contributed by atoms with E-state index in [1.165, 1.54) is 174 Å². The largest absolute Gasteiger partial charge is 0.386 e. The van der Waals surface area contributed by atoms with Crippen LogP contribution in [0.25, 0.3) is 0 Å². The fourth-order valence-electron chi connectivity index (χ4n) is 6.32. The Labute approximate surface area is 309 Å². The summed E-state index contributed by atoms with van der Waals surface area (Å²) >= 11 is 3.98. The lowest BCUT2D eigenvalue weighted by Crippen LogP contribution is -2.41. The van der Waals surface area contributed by atoms with E-state index in [9.17, 15) is 14.2 Å². The van der Waals surface area contributed by atoms with Gasteiger partial charge in [0.05, 0.1) is 0 Å². The van der Waals surface area contributed by atoms with Gasteiger partial charge in [-0.15, -0.1) is 0 Å². The fourth-order valence-corrected chi connectivity index (χ4v) is 7.34. The second-order valence-corrected chi connectivity index (χ2v) is 17.4. The number of hydrogen-bond donors (Lipinski definition) is 3. The first-order valence-electron chi connectivity index (χ1n) is 20.9. The van der Waals surface area contributed by atoms with Gasteiger partial charge in [-0.3, -0.25) is 14.1 Å². The predicted molar refractivity (Wildman–Crippen MR) is 214 cm³/mol. The quantitative estimate of drug-likeness (QED) is 0.0332. The molecule has 9 heteroatoms. The van der Waals surface area contributed by atoms with Gasteiger partial charge >= 0.3 is 6.80 Å². The van der Waals surface area contributed by atoms with E-state index in [0.29, 0.717) is 12.8 Å². The third-order valence-corrected chi connectivity index (χ3v) is 11.4. The van der Waals surface area contributed by atoms with Gasteiger partial charge in [0, 0.05) is 33.0 Å². The molecule has 7 nitrogen and oxygen atoms in total. The van der Waals surface area contributed by atoms with E-state index < -0.39 is 12.9 Å². The van der Waals surface area contributed by atoms with Crippen molar-refractivity contribution in [1.29, 1.82) is 0 Å². The van der Waals surface area contributed by atoms with Crippen LogP contribution in [0.2, 0.25) is 0 Å². The van der Waals surface area contributed by atoms with E-state index in [-0.39, 0.29) is 24.9 Å². The molecule has 0 saturated heterocycles. The number of thiol groups is 1. The van der Waals surface area contributed by atoms with Gasteiger partial charge in [-0.2, -0.15) is 0 Å². The lowest BCUT2D eigenvalue weighted by molar-refractivity contribution is -0.121. The van der Waals surface area contributed by atoms with Crippen molar-refractivity contribution in [2.75, 3.05) is 20.2 Å². The Morgan fingerprint density at radius 1 is 0.490 bits per heavy atom. The molecule has 0 aromatic carbocycles. The van der Waals surface area contributed by atoms with Gasteiger partial charge in [0.25, 0.3) is 0 Å². The molecule has 1 unspecified atom stereocenters. The molecule has 49 heavy (non-hydrogen) atoms. The third kappa shape index (κ3) is 37.0. The topological polar surface area (TPSA) is 93.7 Å². The smallest absolute Gasteiger partial charge is 0.353 e. The number of carbonyl (C=O) groups excluding carboxylic acids is 2. The van der Waals surface area contributed by atoms with Crippen LogP contribution in [-0.4, -0.2) is 38.1 Å². The van der Waals surface area contributed by atoms with Gasteiger partial charge in [0.1, 0.15) is 6.10 Å². The van der Waals surface area contributed by atoms with E-state index in [1.54, 1.807) is 0 Å². The van der Waals surface area contributed by atoms with Crippen molar-refractivity contribution in [2.45, 2.75) is 225 Å². The average Bonchev–Trinajstić information content (AvgIpc) is 3.09. The summed E-state index contributed by atoms with van der Waals surface area (Å²) in [4.78, 5) is 24.9. The van der Waals surface area contributed by atoms with E-state index in [4.69, 9.17) is 9.05 Å². The van der Waals surface area contributed by atoms with Crippen molar-refractivity contribution >= 4 is 30.9 Å². The van der Waals surface area contributed by atoms with Crippen LogP contribution in [0.3, 0.4) is 0 Å². The minimum absolute atomic E-state index is 0.0566. The predicted octanol–water partition coefficient (Wildman–Crippen LogP) is 12.8. The van der Waals surface area contributed by atoms with Crippen LogP contribution in [0.15, 0.2) is 0 Å². The van der Waals surface area contributed by atoms with Crippen LogP contribution in [0, 0.1) is 0 Å². The molecular formula is C40H81N2O5PS. The van der Waals surface area contributed by atoms with E-state index in [1.807, 2.05) is 0 Å². The SMILES string of the molecule is CCCCCCCCCCCCCCCCCC(=O)NCC(CNC(=O)CCCCCCCCCCCCCCCCC)OP(=O)(S)OC. The Morgan fingerprint density at radius 2 is 0.735 bits per heavy atom. The van der Waals surface area contributed by atoms with E-state index >= 15 is 0 Å². The molecule has 0 radical (unpaired) electrons. The first kappa shape index (κ1) is 48.4. The Kier molecular flexibility index (Phi) is 36.8. The molecule has 0 bridgehead atoms. The number of unbranched alkanes of at least 4 members (excludes halogenated alkanes) is 28. The van der Waals surface area contributed by atoms with Gasteiger partial charge in [0.15, 0.2) is 0 Å². The molecule has 2 amide bonds. The van der Waals surface area contributed by atoms with Gasteiger partial charge in [-0.25, -0.2) is 4.57 Å². The maximum Gasteiger partial charge on any atom is 0.386 e. The summed E-state index contributed by atoms with van der Waals surface area (Å²) in [5, 5.41) is 5.75. The van der Waals surface area contributed by atoms with E-state index in [0.717, 1.165) is 25.7 Å². The van der Waals surface area contributed by atoms with Crippen molar-refractivity contribution in [1.82, 2.24) is 10.6 Å². The van der Waals surface area contributed by atoms with Crippen LogP contribution in [0.4, 0.5) is 0 Å². The molecule has 0 rings (SSSR count). The number of carbonyl (C=O) groups is 2. The van der Waals surface area contributed by atoms with Gasteiger partial charge in [0.2, 0.25) is 11.8 Å². The van der Waals surface area contributed by atoms with Crippen LogP contribution in [0.1, 0.15) is 219 Å². The van der Waals surface area contributed by atoms with Crippen LogP contribution >= 0.6 is 19.0 Å². The Morgan fingerprint density at radius 3 is 0.980 bits per heavy atom. The van der Waals surface area contributed by atoms with Crippen LogP contribution in [-0.2, 0) is 23.2 Å². The molecule has 2 N–H and O–H groups in total. The zero-order valence-electron chi connectivity index (χ0n) is 32.6. The first-order chi connectivity index (χ1) is 23.8. The molecular weight excluding hydrogens is 651 g/mol. The number of hydrogen-bond acceptors (Lipinski definition) is 5. The van der Waals surface area contributed by atoms with Crippen molar-refractivity contribution in [3.63, 3.8) is 0 Å². The third-order valence-electron chi connectivity index (χ3n) is 9.58. The maximum absolute atomic E-state index is 12.4. The molecule has 0 spiro atoms. The van der Waals surface area contributed by atoms with Gasteiger partial charge < -0.3 is 15.2 Å². The highest BCUT2D eigenvalue weighted by Crippen LogP contribution is 2.52. The fraction of sp³-hybridized carbons (Fsp3) is 0.950. The second kappa shape index (κ2) is 37.2. The minimum Gasteiger partial charge on any atom is -0.353 e. The summed E-state index contributed by atoms with van der Waals surface area (Å²) in [6.45, 7) is 1.26. The van der Waals surface area contributed by atoms with Crippen molar-refractivity contribution in [3.05, 3.63) is 0 Å². The molecule has 1 atom stereocenters. The second-order valence-electron chi connectivity index (χ2n) is 14.4. The van der Waals surface area contributed by atoms with Gasteiger partial charge in [-0.05, 0) is 12.8 Å². The summed E-state index contributed by atoms with van der Waals surface area (Å²) in [6.07, 6.45) is 38.9. The summed E-state index contributed by atoms with van der Waals surface area (Å²) in [7, 11) is 1.27. The Bertz CT molecular complexity index is 738.